The second-order valence-corrected chi connectivity index (χ2v) is 21.7. The molecule has 0 aliphatic heterocycles. The molecule has 0 aromatic carbocycles. The lowest BCUT2D eigenvalue weighted by Crippen LogP contribution is -2.45. The van der Waals surface area contributed by atoms with Crippen LogP contribution in [0.4, 0.5) is 0 Å². The maximum Gasteiger partial charge on any atom is 0.305 e. The van der Waals surface area contributed by atoms with Crippen LogP contribution in [0.2, 0.25) is 0 Å². The van der Waals surface area contributed by atoms with Gasteiger partial charge in [-0.3, -0.25) is 9.59 Å². The lowest BCUT2D eigenvalue weighted by Gasteiger charge is -2.22. The molecule has 414 valence electrons. The average Bonchev–Trinajstić information content (AvgIpc) is 3.36. The Kier molecular flexibility index (Phi) is 58.5. The van der Waals surface area contributed by atoms with Crippen LogP contribution in [0.25, 0.3) is 0 Å². The number of carbonyl (C=O) groups excluding carboxylic acids is 2. The van der Waals surface area contributed by atoms with Crippen LogP contribution in [-0.2, 0) is 14.3 Å². The number of aliphatic hydroxyl groups is 2. The van der Waals surface area contributed by atoms with Gasteiger partial charge in [-0.05, 0) is 77.0 Å². The molecule has 0 rings (SSSR count). The highest BCUT2D eigenvalue weighted by molar-refractivity contribution is 5.76. The number of hydrogen-bond donors (Lipinski definition) is 3. The van der Waals surface area contributed by atoms with Gasteiger partial charge in [0.15, 0.2) is 0 Å². The van der Waals surface area contributed by atoms with E-state index in [1.807, 2.05) is 0 Å². The molecule has 0 saturated carbocycles. The van der Waals surface area contributed by atoms with E-state index in [-0.39, 0.29) is 18.5 Å². The minimum absolute atomic E-state index is 0.00721. The number of hydrogen-bond acceptors (Lipinski definition) is 5. The summed E-state index contributed by atoms with van der Waals surface area (Å²) in [6.45, 7) is 4.95. The predicted octanol–water partition coefficient (Wildman–Crippen LogP) is 19.8. The zero-order chi connectivity index (χ0) is 50.7. The van der Waals surface area contributed by atoms with Crippen molar-refractivity contribution in [1.29, 1.82) is 0 Å². The third-order valence-electron chi connectivity index (χ3n) is 14.7. The topological polar surface area (TPSA) is 95.9 Å². The molecule has 3 N–H and O–H groups in total. The van der Waals surface area contributed by atoms with Crippen LogP contribution in [0.3, 0.4) is 0 Å². The van der Waals surface area contributed by atoms with Crippen LogP contribution in [-0.4, -0.2) is 47.4 Å². The number of nitrogens with one attached hydrogen (secondary N) is 1. The van der Waals surface area contributed by atoms with Gasteiger partial charge in [0.05, 0.1) is 25.4 Å². The molecule has 0 spiro atoms. The maximum atomic E-state index is 12.4. The predicted molar refractivity (Wildman–Crippen MR) is 306 cm³/mol. The third kappa shape index (κ3) is 55.7. The molecule has 0 bridgehead atoms. The quantitative estimate of drug-likeness (QED) is 0.0321. The van der Waals surface area contributed by atoms with Crippen LogP contribution in [0.5, 0.6) is 0 Å². The van der Waals surface area contributed by atoms with Gasteiger partial charge in [0.1, 0.15) is 0 Å². The highest BCUT2D eigenvalue weighted by Crippen LogP contribution is 2.17. The minimum atomic E-state index is -0.664. The smallest absolute Gasteiger partial charge is 0.305 e. The summed E-state index contributed by atoms with van der Waals surface area (Å²) in [6.07, 6.45) is 73.4. The molecule has 70 heavy (non-hydrogen) atoms. The molecule has 2 unspecified atom stereocenters. The standard InChI is InChI=1S/C64H123NO5/c1-3-5-7-9-11-13-15-16-17-31-34-38-42-46-50-54-58-64(69)70-59-55-51-47-43-39-35-32-29-27-25-23-21-19-18-20-22-24-26-28-30-33-37-41-45-49-53-57-63(68)65-61(60-66)62(67)56-52-48-44-40-36-14-12-10-8-6-4-2/h17-18,20,31,61-62,66-67H,3-16,19,21-30,32-60H2,1-2H3,(H,65,68)/b20-18-,31-17-. The number of allylic oxidation sites excluding steroid dienone is 4. The fourth-order valence-corrected chi connectivity index (χ4v) is 9.87. The van der Waals surface area contributed by atoms with Crippen molar-refractivity contribution >= 4 is 11.9 Å². The van der Waals surface area contributed by atoms with Crippen LogP contribution >= 0.6 is 0 Å². The van der Waals surface area contributed by atoms with E-state index in [2.05, 4.69) is 43.5 Å². The van der Waals surface area contributed by atoms with Gasteiger partial charge in [-0.15, -0.1) is 0 Å². The van der Waals surface area contributed by atoms with Crippen molar-refractivity contribution < 1.29 is 24.5 Å². The molecule has 0 saturated heterocycles. The van der Waals surface area contributed by atoms with Crippen molar-refractivity contribution in [3.8, 4) is 0 Å². The Morgan fingerprint density at radius 1 is 0.386 bits per heavy atom. The second-order valence-electron chi connectivity index (χ2n) is 21.7. The van der Waals surface area contributed by atoms with E-state index in [4.69, 9.17) is 4.74 Å². The van der Waals surface area contributed by atoms with Gasteiger partial charge in [-0.25, -0.2) is 0 Å². The molecule has 0 aromatic rings. The lowest BCUT2D eigenvalue weighted by atomic mass is 10.0. The Bertz CT molecular complexity index is 1090. The number of amides is 1. The van der Waals surface area contributed by atoms with Crippen LogP contribution in [0, 0.1) is 0 Å². The third-order valence-corrected chi connectivity index (χ3v) is 14.7. The largest absolute Gasteiger partial charge is 0.466 e. The molecule has 6 heteroatoms. The molecule has 0 aliphatic carbocycles. The summed E-state index contributed by atoms with van der Waals surface area (Å²) in [5.41, 5.74) is 0. The molecule has 6 nitrogen and oxygen atoms in total. The molecule has 0 heterocycles. The first-order valence-corrected chi connectivity index (χ1v) is 31.6. The van der Waals surface area contributed by atoms with Gasteiger partial charge < -0.3 is 20.3 Å². The molecular weight excluding hydrogens is 863 g/mol. The Hall–Kier alpha value is -1.66. The van der Waals surface area contributed by atoms with E-state index in [0.29, 0.717) is 25.9 Å². The average molecular weight is 987 g/mol. The van der Waals surface area contributed by atoms with Crippen molar-refractivity contribution in [2.75, 3.05) is 13.2 Å². The molecule has 2 atom stereocenters. The van der Waals surface area contributed by atoms with E-state index in [0.717, 1.165) is 44.9 Å². The first-order chi connectivity index (χ1) is 34.5. The highest BCUT2D eigenvalue weighted by atomic mass is 16.5. The first kappa shape index (κ1) is 68.3. The maximum absolute atomic E-state index is 12.4. The van der Waals surface area contributed by atoms with Crippen molar-refractivity contribution in [3.05, 3.63) is 24.3 Å². The monoisotopic (exact) mass is 986 g/mol. The van der Waals surface area contributed by atoms with Crippen LogP contribution in [0.1, 0.15) is 348 Å². The summed E-state index contributed by atoms with van der Waals surface area (Å²) in [4.78, 5) is 24.5. The lowest BCUT2D eigenvalue weighted by molar-refractivity contribution is -0.143. The van der Waals surface area contributed by atoms with E-state index < -0.39 is 12.1 Å². The van der Waals surface area contributed by atoms with Crippen LogP contribution in [0.15, 0.2) is 24.3 Å². The summed E-state index contributed by atoms with van der Waals surface area (Å²) in [6, 6.07) is -0.541. The Balaban J connectivity index is 3.36. The van der Waals surface area contributed by atoms with Crippen LogP contribution < -0.4 is 5.32 Å². The van der Waals surface area contributed by atoms with E-state index in [9.17, 15) is 19.8 Å². The normalized spacial score (nSPS) is 12.7. The second kappa shape index (κ2) is 59.9. The Morgan fingerprint density at radius 3 is 1.01 bits per heavy atom. The zero-order valence-corrected chi connectivity index (χ0v) is 47.3. The van der Waals surface area contributed by atoms with Crippen molar-refractivity contribution in [3.63, 3.8) is 0 Å². The fraction of sp³-hybridized carbons (Fsp3) is 0.906. The van der Waals surface area contributed by atoms with Gasteiger partial charge in [-0.2, -0.15) is 0 Å². The Labute approximate surface area is 437 Å². The van der Waals surface area contributed by atoms with Crippen molar-refractivity contribution in [1.82, 2.24) is 5.32 Å². The summed E-state index contributed by atoms with van der Waals surface area (Å²) in [7, 11) is 0. The van der Waals surface area contributed by atoms with Gasteiger partial charge in [-0.1, -0.05) is 282 Å². The molecule has 0 aliphatic rings. The van der Waals surface area contributed by atoms with Crippen molar-refractivity contribution in [2.45, 2.75) is 360 Å². The van der Waals surface area contributed by atoms with Gasteiger partial charge >= 0.3 is 5.97 Å². The molecular formula is C64H123NO5. The summed E-state index contributed by atoms with van der Waals surface area (Å²) in [5, 5.41) is 23.2. The van der Waals surface area contributed by atoms with Gasteiger partial charge in [0, 0.05) is 12.8 Å². The molecule has 0 aromatic heterocycles. The number of esters is 1. The Morgan fingerprint density at radius 2 is 0.671 bits per heavy atom. The molecule has 0 radical (unpaired) electrons. The summed E-state index contributed by atoms with van der Waals surface area (Å²) >= 11 is 0. The van der Waals surface area contributed by atoms with Gasteiger partial charge in [0.25, 0.3) is 0 Å². The summed E-state index contributed by atoms with van der Waals surface area (Å²) < 4.78 is 5.49. The number of aliphatic hydroxyl groups excluding tert-OH is 2. The SMILES string of the molecule is CCCCCCCCC/C=C\CCCCCCCC(=O)OCCCCCCCCCCCCCC/C=C\CCCCCCCCCCCCC(=O)NC(CO)C(O)CCCCCCCCCCCCC. The zero-order valence-electron chi connectivity index (χ0n) is 47.3. The van der Waals surface area contributed by atoms with E-state index in [1.165, 1.54) is 270 Å². The van der Waals surface area contributed by atoms with Gasteiger partial charge in [0.2, 0.25) is 5.91 Å². The van der Waals surface area contributed by atoms with E-state index >= 15 is 0 Å². The van der Waals surface area contributed by atoms with E-state index in [1.54, 1.807) is 0 Å². The first-order valence-electron chi connectivity index (χ1n) is 31.6. The fourth-order valence-electron chi connectivity index (χ4n) is 9.87. The minimum Gasteiger partial charge on any atom is -0.466 e. The summed E-state index contributed by atoms with van der Waals surface area (Å²) in [5.74, 6) is -0.0296. The number of carbonyl (C=O) groups is 2. The number of ether oxygens (including phenoxy) is 1. The molecule has 0 fully saturated rings. The number of rotatable bonds is 59. The highest BCUT2D eigenvalue weighted by Gasteiger charge is 2.20. The molecule has 1 amide bonds. The van der Waals surface area contributed by atoms with Crippen molar-refractivity contribution in [2.24, 2.45) is 0 Å². The number of unbranched alkanes of at least 4 members (excludes halogenated alkanes) is 44.